The Morgan fingerprint density at radius 1 is 0.370 bits per heavy atom. The number of hydrogen-bond donors (Lipinski definition) is 0. The highest BCUT2D eigenvalue weighted by Crippen LogP contribution is 2.37. The van der Waals surface area contributed by atoms with E-state index >= 15 is 0 Å². The van der Waals surface area contributed by atoms with E-state index in [4.69, 9.17) is 19.9 Å². The van der Waals surface area contributed by atoms with Crippen molar-refractivity contribution >= 4 is 43.6 Å². The molecule has 0 unspecified atom stereocenters. The van der Waals surface area contributed by atoms with Crippen LogP contribution in [0.25, 0.3) is 88.6 Å². The lowest BCUT2D eigenvalue weighted by molar-refractivity contribution is 1.27. The van der Waals surface area contributed by atoms with Crippen molar-refractivity contribution in [2.45, 2.75) is 0 Å². The quantitative estimate of drug-likeness (QED) is 0.151. The highest BCUT2D eigenvalue weighted by Gasteiger charge is 2.15. The van der Waals surface area contributed by atoms with E-state index in [9.17, 15) is 0 Å². The maximum Gasteiger partial charge on any atom is 0.0978 e. The van der Waals surface area contributed by atoms with Crippen molar-refractivity contribution in [2.75, 3.05) is 0 Å². The van der Waals surface area contributed by atoms with Gasteiger partial charge in [-0.25, -0.2) is 15.0 Å². The summed E-state index contributed by atoms with van der Waals surface area (Å²) in [7, 11) is 0. The minimum absolute atomic E-state index is 0.849. The molecule has 5 aromatic heterocycles. The normalized spacial score (nSPS) is 11.5. The largest absolute Gasteiger partial charge is 0.256 e. The van der Waals surface area contributed by atoms with Gasteiger partial charge in [0.15, 0.2) is 0 Å². The molecule has 9 aromatic rings. The molecule has 0 aliphatic carbocycles. The van der Waals surface area contributed by atoms with Gasteiger partial charge in [0, 0.05) is 50.6 Å². The average Bonchev–Trinajstić information content (AvgIpc) is 3.14. The predicted molar refractivity (Wildman–Crippen MR) is 187 cm³/mol. The summed E-state index contributed by atoms with van der Waals surface area (Å²) in [6, 6.07) is 47.7. The minimum Gasteiger partial charge on any atom is -0.256 e. The number of benzene rings is 4. The zero-order valence-corrected chi connectivity index (χ0v) is 24.7. The van der Waals surface area contributed by atoms with Gasteiger partial charge in [-0.1, -0.05) is 91.0 Å². The fourth-order valence-corrected chi connectivity index (χ4v) is 6.26. The molecule has 4 aromatic carbocycles. The molecule has 0 spiro atoms. The molecule has 0 fully saturated rings. The van der Waals surface area contributed by atoms with Gasteiger partial charge in [-0.2, -0.15) is 0 Å². The van der Waals surface area contributed by atoms with Gasteiger partial charge in [0.05, 0.1) is 44.8 Å². The SMILES string of the molecule is c1ccc(-c2c3ccccc3nc3c2ccc2ccc(-c4ccc(-c5ccc6ccc(-c7ccccn7)nc6c5)nc4)nc23)cc1. The van der Waals surface area contributed by atoms with Crippen LogP contribution < -0.4 is 0 Å². The first-order valence-electron chi connectivity index (χ1n) is 15.3. The van der Waals surface area contributed by atoms with Crippen molar-refractivity contribution in [3.63, 3.8) is 0 Å². The van der Waals surface area contributed by atoms with Crippen LogP contribution in [0.4, 0.5) is 0 Å². The van der Waals surface area contributed by atoms with Gasteiger partial charge in [0.1, 0.15) is 0 Å². The first kappa shape index (κ1) is 26.1. The molecule has 0 N–H and O–H groups in total. The fraction of sp³-hybridized carbons (Fsp3) is 0. The van der Waals surface area contributed by atoms with Crippen molar-refractivity contribution in [2.24, 2.45) is 0 Å². The summed E-state index contributed by atoms with van der Waals surface area (Å²) in [6.45, 7) is 0. The topological polar surface area (TPSA) is 64.5 Å². The van der Waals surface area contributed by atoms with Crippen LogP contribution in [0.15, 0.2) is 152 Å². The van der Waals surface area contributed by atoms with E-state index in [-0.39, 0.29) is 0 Å². The second kappa shape index (κ2) is 10.7. The van der Waals surface area contributed by atoms with E-state index in [0.717, 1.165) is 77.5 Å². The lowest BCUT2D eigenvalue weighted by Crippen LogP contribution is -1.93. The van der Waals surface area contributed by atoms with Crippen molar-refractivity contribution in [3.05, 3.63) is 152 Å². The number of nitrogens with zero attached hydrogens (tertiary/aromatic N) is 5. The van der Waals surface area contributed by atoms with Gasteiger partial charge >= 0.3 is 0 Å². The molecule has 0 saturated carbocycles. The zero-order chi connectivity index (χ0) is 30.5. The van der Waals surface area contributed by atoms with E-state index < -0.39 is 0 Å². The molecule has 0 aliphatic heterocycles. The Morgan fingerprint density at radius 2 is 1.13 bits per heavy atom. The van der Waals surface area contributed by atoms with Crippen LogP contribution in [-0.2, 0) is 0 Å². The summed E-state index contributed by atoms with van der Waals surface area (Å²) < 4.78 is 0. The molecule has 5 heteroatoms. The Hall–Kier alpha value is -6.33. The van der Waals surface area contributed by atoms with E-state index in [1.165, 1.54) is 11.1 Å². The van der Waals surface area contributed by atoms with Gasteiger partial charge < -0.3 is 0 Å². The number of para-hydroxylation sites is 1. The summed E-state index contributed by atoms with van der Waals surface area (Å²) in [6.07, 6.45) is 3.69. The molecule has 5 heterocycles. The third-order valence-corrected chi connectivity index (χ3v) is 8.55. The first-order valence-corrected chi connectivity index (χ1v) is 15.3. The number of aromatic nitrogens is 5. The Kier molecular flexibility index (Phi) is 6.06. The molecule has 5 nitrogen and oxygen atoms in total. The number of hydrogen-bond acceptors (Lipinski definition) is 5. The Bertz CT molecular complexity index is 2560. The number of fused-ring (bicyclic) bond motifs is 5. The van der Waals surface area contributed by atoms with Gasteiger partial charge in [-0.15, -0.1) is 0 Å². The van der Waals surface area contributed by atoms with Gasteiger partial charge in [0.25, 0.3) is 0 Å². The maximum absolute atomic E-state index is 5.18. The summed E-state index contributed by atoms with van der Waals surface area (Å²) >= 11 is 0. The van der Waals surface area contributed by atoms with Crippen LogP contribution in [0, 0.1) is 0 Å². The summed E-state index contributed by atoms with van der Waals surface area (Å²) in [5, 5.41) is 4.35. The van der Waals surface area contributed by atoms with Crippen LogP contribution in [-0.4, -0.2) is 24.9 Å². The van der Waals surface area contributed by atoms with Crippen LogP contribution in [0.3, 0.4) is 0 Å². The highest BCUT2D eigenvalue weighted by atomic mass is 14.8. The third-order valence-electron chi connectivity index (χ3n) is 8.55. The molecule has 46 heavy (non-hydrogen) atoms. The predicted octanol–water partition coefficient (Wildman–Crippen LogP) is 9.94. The van der Waals surface area contributed by atoms with Crippen molar-refractivity contribution < 1.29 is 0 Å². The van der Waals surface area contributed by atoms with Gasteiger partial charge in [-0.3, -0.25) is 9.97 Å². The summed E-state index contributed by atoms with van der Waals surface area (Å²) in [5.41, 5.74) is 11.4. The molecule has 0 aliphatic rings. The lowest BCUT2D eigenvalue weighted by atomic mass is 9.95. The third kappa shape index (κ3) is 4.45. The average molecular weight is 588 g/mol. The van der Waals surface area contributed by atoms with Crippen molar-refractivity contribution in [1.29, 1.82) is 0 Å². The summed E-state index contributed by atoms with van der Waals surface area (Å²) in [4.78, 5) is 24.5. The Balaban J connectivity index is 1.12. The van der Waals surface area contributed by atoms with E-state index in [0.29, 0.717) is 0 Å². The van der Waals surface area contributed by atoms with Crippen LogP contribution in [0.5, 0.6) is 0 Å². The molecule has 0 atom stereocenters. The first-order chi connectivity index (χ1) is 22.8. The molecule has 0 radical (unpaired) electrons. The molecule has 0 amide bonds. The number of pyridine rings is 5. The Morgan fingerprint density at radius 3 is 2.00 bits per heavy atom. The number of rotatable bonds is 4. The standard InChI is InChI=1S/C41H25N5/c1-2-8-27(9-3-1)39-31-10-4-5-11-35(31)46-41-32(39)19-15-28-17-21-34(45-40(28)41)30-18-20-33(43-25-30)29-14-13-26-16-22-37(44-38(26)24-29)36-12-6-7-23-42-36/h1-25H. The van der Waals surface area contributed by atoms with Gasteiger partial charge in [-0.05, 0) is 54.1 Å². The molecular formula is C41H25N5. The fourth-order valence-electron chi connectivity index (χ4n) is 6.26. The lowest BCUT2D eigenvalue weighted by Gasteiger charge is -2.13. The van der Waals surface area contributed by atoms with Crippen LogP contribution in [0.1, 0.15) is 0 Å². The molecular weight excluding hydrogens is 562 g/mol. The van der Waals surface area contributed by atoms with Crippen molar-refractivity contribution in [3.8, 4) is 45.0 Å². The molecule has 0 saturated heterocycles. The second-order valence-corrected chi connectivity index (χ2v) is 11.4. The highest BCUT2D eigenvalue weighted by molar-refractivity contribution is 6.16. The minimum atomic E-state index is 0.849. The van der Waals surface area contributed by atoms with Gasteiger partial charge in [0.2, 0.25) is 0 Å². The zero-order valence-electron chi connectivity index (χ0n) is 24.7. The molecule has 0 bridgehead atoms. The maximum atomic E-state index is 5.18. The van der Waals surface area contributed by atoms with E-state index in [1.54, 1.807) is 6.20 Å². The summed E-state index contributed by atoms with van der Waals surface area (Å²) in [5.74, 6) is 0. The van der Waals surface area contributed by atoms with E-state index in [1.807, 2.05) is 48.7 Å². The van der Waals surface area contributed by atoms with Crippen LogP contribution >= 0.6 is 0 Å². The molecule has 9 rings (SSSR count). The molecule has 214 valence electrons. The van der Waals surface area contributed by atoms with E-state index in [2.05, 4.69) is 102 Å². The Labute approximate surface area is 264 Å². The monoisotopic (exact) mass is 587 g/mol. The smallest absolute Gasteiger partial charge is 0.0978 e. The van der Waals surface area contributed by atoms with Crippen molar-refractivity contribution in [1.82, 2.24) is 24.9 Å². The second-order valence-electron chi connectivity index (χ2n) is 11.4. The van der Waals surface area contributed by atoms with Crippen LogP contribution in [0.2, 0.25) is 0 Å².